The number of nitrogens with one attached hydrogen (secondary N) is 1. The Labute approximate surface area is 213 Å². The monoisotopic (exact) mass is 485 g/mol. The lowest BCUT2D eigenvalue weighted by atomic mass is 9.84. The maximum atomic E-state index is 13.9. The maximum Gasteiger partial charge on any atom is 0.199 e. The molecule has 5 heteroatoms. The van der Waals surface area contributed by atoms with Crippen LogP contribution in [0.4, 0.5) is 0 Å². The quantitative estimate of drug-likeness (QED) is 0.362. The minimum atomic E-state index is 0.155. The molecule has 0 aliphatic carbocycles. The van der Waals surface area contributed by atoms with Crippen molar-refractivity contribution in [2.45, 2.75) is 77.8 Å². The van der Waals surface area contributed by atoms with Gasteiger partial charge >= 0.3 is 0 Å². The number of fused-ring (bicyclic) bond motifs is 4. The number of nitrogens with zero attached hydrogens (tertiary/aromatic N) is 2. The minimum Gasteiger partial charge on any atom is -0.381 e. The predicted molar refractivity (Wildman–Crippen MR) is 149 cm³/mol. The number of hydrogen-bond donors (Lipinski definition) is 1. The molecule has 1 N–H and O–H groups in total. The molecule has 0 atom stereocenters. The maximum absolute atomic E-state index is 13.9. The lowest BCUT2D eigenvalue weighted by Crippen LogP contribution is -2.43. The Bertz CT molecular complexity index is 1480. The fraction of sp³-hybridized carbons (Fsp3) is 0.516. The molecule has 2 aromatic carbocycles. The summed E-state index contributed by atoms with van der Waals surface area (Å²) in [5.74, 6) is 0.553. The molecule has 0 radical (unpaired) electrons. The van der Waals surface area contributed by atoms with Crippen LogP contribution in [0.2, 0.25) is 0 Å². The molecule has 6 rings (SSSR count). The van der Waals surface area contributed by atoms with E-state index in [0.717, 1.165) is 65.6 Å². The van der Waals surface area contributed by atoms with Gasteiger partial charge in [0, 0.05) is 41.6 Å². The second-order valence-electron chi connectivity index (χ2n) is 11.3. The molecule has 0 saturated carbocycles. The van der Waals surface area contributed by atoms with Crippen LogP contribution in [0.3, 0.4) is 0 Å². The van der Waals surface area contributed by atoms with Crippen LogP contribution >= 0.6 is 0 Å². The molecule has 36 heavy (non-hydrogen) atoms. The van der Waals surface area contributed by atoms with E-state index in [1.807, 2.05) is 0 Å². The summed E-state index contributed by atoms with van der Waals surface area (Å²) in [6, 6.07) is 11.9. The van der Waals surface area contributed by atoms with E-state index < -0.39 is 0 Å². The van der Waals surface area contributed by atoms with Crippen molar-refractivity contribution in [1.82, 2.24) is 14.5 Å². The minimum absolute atomic E-state index is 0.155. The van der Waals surface area contributed by atoms with E-state index in [1.54, 1.807) is 0 Å². The van der Waals surface area contributed by atoms with E-state index in [-0.39, 0.29) is 11.5 Å². The second-order valence-corrected chi connectivity index (χ2v) is 11.3. The number of rotatable bonds is 4. The zero-order chi connectivity index (χ0) is 25.0. The Morgan fingerprint density at radius 3 is 2.47 bits per heavy atom. The van der Waals surface area contributed by atoms with Crippen molar-refractivity contribution in [3.8, 4) is 0 Å². The number of H-pyrrole nitrogens is 1. The highest BCUT2D eigenvalue weighted by Crippen LogP contribution is 2.36. The van der Waals surface area contributed by atoms with Crippen molar-refractivity contribution in [3.05, 3.63) is 57.2 Å². The molecule has 0 unspecified atom stereocenters. The van der Waals surface area contributed by atoms with Crippen LogP contribution in [0, 0.1) is 6.92 Å². The molecule has 2 aromatic heterocycles. The number of aromatic nitrogens is 2. The van der Waals surface area contributed by atoms with Crippen LogP contribution in [-0.4, -0.2) is 46.8 Å². The molecular formula is C31H39N3O2. The van der Waals surface area contributed by atoms with Gasteiger partial charge in [-0.15, -0.1) is 0 Å². The summed E-state index contributed by atoms with van der Waals surface area (Å²) in [6.45, 7) is 12.9. The van der Waals surface area contributed by atoms with E-state index in [2.05, 4.69) is 72.5 Å². The lowest BCUT2D eigenvalue weighted by molar-refractivity contribution is 0.0251. The Morgan fingerprint density at radius 2 is 1.78 bits per heavy atom. The number of aromatic amines is 1. The van der Waals surface area contributed by atoms with Gasteiger partial charge < -0.3 is 19.2 Å². The van der Waals surface area contributed by atoms with Crippen LogP contribution in [-0.2, 0) is 11.2 Å². The molecule has 0 spiro atoms. The fourth-order valence-corrected chi connectivity index (χ4v) is 6.84. The van der Waals surface area contributed by atoms with Crippen molar-refractivity contribution in [2.24, 2.45) is 0 Å². The third-order valence-corrected chi connectivity index (χ3v) is 8.74. The smallest absolute Gasteiger partial charge is 0.199 e. The second kappa shape index (κ2) is 9.35. The Kier molecular flexibility index (Phi) is 6.17. The SMILES string of the molecule is CCc1cc2c(=O)c3c4ccc(C)cc4[nH]c3n(C(C)C)c2cc1C1CCN(C2CCOCC2)CC1. The van der Waals surface area contributed by atoms with Gasteiger partial charge in [-0.3, -0.25) is 4.79 Å². The number of aryl methyl sites for hydroxylation is 2. The third kappa shape index (κ3) is 3.88. The summed E-state index contributed by atoms with van der Waals surface area (Å²) in [5.41, 5.74) is 7.22. The van der Waals surface area contributed by atoms with Crippen LogP contribution in [0.1, 0.15) is 75.1 Å². The topological polar surface area (TPSA) is 50.3 Å². The number of ether oxygens (including phenoxy) is 1. The Balaban J connectivity index is 1.47. The molecule has 0 bridgehead atoms. The summed E-state index contributed by atoms with van der Waals surface area (Å²) in [4.78, 5) is 20.3. The standard InChI is InChI=1S/C31H39N3O2/c1-5-21-17-26-28(18-25(21)22-8-12-33(13-9-22)23-10-14-36-15-11-23)34(19(2)3)31-29(30(26)35)24-7-6-20(4)16-27(24)32-31/h6-7,16-19,22-23,32H,5,8-15H2,1-4H3. The van der Waals surface area contributed by atoms with Crippen LogP contribution in [0.5, 0.6) is 0 Å². The van der Waals surface area contributed by atoms with Crippen molar-refractivity contribution in [2.75, 3.05) is 26.3 Å². The van der Waals surface area contributed by atoms with Gasteiger partial charge in [-0.05, 0) is 107 Å². The van der Waals surface area contributed by atoms with E-state index in [4.69, 9.17) is 4.74 Å². The number of piperidine rings is 1. The first kappa shape index (κ1) is 23.7. The summed E-state index contributed by atoms with van der Waals surface area (Å²) in [5, 5.41) is 2.71. The van der Waals surface area contributed by atoms with Gasteiger partial charge in [-0.25, -0.2) is 0 Å². The average molecular weight is 486 g/mol. The van der Waals surface area contributed by atoms with Gasteiger partial charge in [-0.1, -0.05) is 19.1 Å². The molecular weight excluding hydrogens is 446 g/mol. The third-order valence-electron chi connectivity index (χ3n) is 8.74. The van der Waals surface area contributed by atoms with Crippen molar-refractivity contribution in [1.29, 1.82) is 0 Å². The van der Waals surface area contributed by atoms with Gasteiger partial charge in [-0.2, -0.15) is 0 Å². The first-order valence-corrected chi connectivity index (χ1v) is 13.9. The van der Waals surface area contributed by atoms with Crippen molar-refractivity contribution < 1.29 is 4.74 Å². The van der Waals surface area contributed by atoms with Crippen LogP contribution in [0.25, 0.3) is 32.8 Å². The van der Waals surface area contributed by atoms with Gasteiger partial charge in [0.05, 0.1) is 10.9 Å². The zero-order valence-corrected chi connectivity index (χ0v) is 22.2. The van der Waals surface area contributed by atoms with E-state index >= 15 is 0 Å². The van der Waals surface area contributed by atoms with Gasteiger partial charge in [0.1, 0.15) is 5.65 Å². The summed E-state index contributed by atoms with van der Waals surface area (Å²) in [7, 11) is 0. The molecule has 4 aromatic rings. The highest BCUT2D eigenvalue weighted by molar-refractivity contribution is 6.10. The number of likely N-dealkylation sites (tertiary alicyclic amines) is 1. The molecule has 190 valence electrons. The molecule has 4 heterocycles. The lowest BCUT2D eigenvalue weighted by Gasteiger charge is -2.39. The highest BCUT2D eigenvalue weighted by atomic mass is 16.5. The highest BCUT2D eigenvalue weighted by Gasteiger charge is 2.29. The zero-order valence-electron chi connectivity index (χ0n) is 22.2. The summed E-state index contributed by atoms with van der Waals surface area (Å²) < 4.78 is 7.95. The predicted octanol–water partition coefficient (Wildman–Crippen LogP) is 6.45. The van der Waals surface area contributed by atoms with Gasteiger partial charge in [0.15, 0.2) is 5.43 Å². The molecule has 2 fully saturated rings. The van der Waals surface area contributed by atoms with E-state index in [1.165, 1.54) is 42.4 Å². The van der Waals surface area contributed by atoms with Crippen molar-refractivity contribution in [3.63, 3.8) is 0 Å². The largest absolute Gasteiger partial charge is 0.381 e. The van der Waals surface area contributed by atoms with Gasteiger partial charge in [0.2, 0.25) is 0 Å². The first-order valence-electron chi connectivity index (χ1n) is 13.9. The molecule has 0 amide bonds. The molecule has 2 aliphatic rings. The molecule has 5 nitrogen and oxygen atoms in total. The molecule has 2 saturated heterocycles. The number of hydrogen-bond acceptors (Lipinski definition) is 3. The summed E-state index contributed by atoms with van der Waals surface area (Å²) >= 11 is 0. The Hall–Kier alpha value is -2.63. The summed E-state index contributed by atoms with van der Waals surface area (Å²) in [6.07, 6.45) is 5.67. The Morgan fingerprint density at radius 1 is 1.03 bits per heavy atom. The number of benzene rings is 2. The average Bonchev–Trinajstić information content (AvgIpc) is 3.26. The fourth-order valence-electron chi connectivity index (χ4n) is 6.84. The van der Waals surface area contributed by atoms with Crippen molar-refractivity contribution >= 4 is 32.8 Å². The van der Waals surface area contributed by atoms with Crippen LogP contribution in [0.15, 0.2) is 35.1 Å². The first-order chi connectivity index (χ1) is 17.5. The van der Waals surface area contributed by atoms with E-state index in [0.29, 0.717) is 12.0 Å². The van der Waals surface area contributed by atoms with Crippen LogP contribution < -0.4 is 5.43 Å². The number of pyridine rings is 1. The molecule has 2 aliphatic heterocycles. The normalized spacial score (nSPS) is 18.8. The van der Waals surface area contributed by atoms with Gasteiger partial charge in [0.25, 0.3) is 0 Å². The van der Waals surface area contributed by atoms with E-state index in [9.17, 15) is 4.79 Å².